The highest BCUT2D eigenvalue weighted by Crippen LogP contribution is 2.18. The van der Waals surface area contributed by atoms with Gasteiger partial charge in [-0.3, -0.25) is 4.90 Å². The number of aromatic nitrogens is 4. The predicted octanol–water partition coefficient (Wildman–Crippen LogP) is 1.77. The molecule has 1 fully saturated rings. The van der Waals surface area contributed by atoms with Crippen molar-refractivity contribution >= 4 is 5.95 Å². The van der Waals surface area contributed by atoms with Gasteiger partial charge in [0.15, 0.2) is 6.61 Å². The smallest absolute Gasteiger partial charge is 0.240 e. The molecule has 0 aliphatic carbocycles. The fourth-order valence-corrected chi connectivity index (χ4v) is 2.98. The van der Waals surface area contributed by atoms with Crippen LogP contribution >= 0.6 is 0 Å². The van der Waals surface area contributed by atoms with Crippen molar-refractivity contribution in [1.29, 1.82) is 0 Å². The summed E-state index contributed by atoms with van der Waals surface area (Å²) in [5, 5.41) is 4.00. The summed E-state index contributed by atoms with van der Waals surface area (Å²) in [5.74, 6) is 3.41. The van der Waals surface area contributed by atoms with Gasteiger partial charge in [-0.2, -0.15) is 4.98 Å². The van der Waals surface area contributed by atoms with E-state index in [2.05, 4.69) is 29.9 Å². The number of methoxy groups -OCH3 is 1. The fourth-order valence-electron chi connectivity index (χ4n) is 2.98. The Morgan fingerprint density at radius 3 is 2.43 bits per heavy atom. The van der Waals surface area contributed by atoms with Gasteiger partial charge in [-0.05, 0) is 30.3 Å². The van der Waals surface area contributed by atoms with Gasteiger partial charge in [-0.15, -0.1) is 0 Å². The number of hydrogen-bond acceptors (Lipinski definition) is 9. The number of anilines is 1. The van der Waals surface area contributed by atoms with Gasteiger partial charge in [0.2, 0.25) is 17.7 Å². The molecule has 0 amide bonds. The molecule has 0 spiro atoms. The predicted molar refractivity (Wildman–Crippen MR) is 101 cm³/mol. The average Bonchev–Trinajstić information content (AvgIpc) is 3.21. The van der Waals surface area contributed by atoms with Crippen LogP contribution in [0.25, 0.3) is 0 Å². The maximum atomic E-state index is 5.68. The summed E-state index contributed by atoms with van der Waals surface area (Å²) in [6, 6.07) is 9.20. The largest absolute Gasteiger partial charge is 0.497 e. The molecule has 0 radical (unpaired) electrons. The molecular weight excluding hydrogens is 360 g/mol. The molecule has 0 saturated carbocycles. The van der Waals surface area contributed by atoms with Gasteiger partial charge in [-0.1, -0.05) is 5.16 Å². The maximum Gasteiger partial charge on any atom is 0.240 e. The van der Waals surface area contributed by atoms with E-state index < -0.39 is 0 Å². The third-order valence-corrected chi connectivity index (χ3v) is 4.50. The van der Waals surface area contributed by atoms with Gasteiger partial charge in [0.05, 0.1) is 13.7 Å². The lowest BCUT2D eigenvalue weighted by molar-refractivity contribution is 0.214. The molecule has 9 nitrogen and oxygen atoms in total. The average molecular weight is 382 g/mol. The van der Waals surface area contributed by atoms with Gasteiger partial charge in [0.1, 0.15) is 11.5 Å². The fraction of sp³-hybridized carbons (Fsp3) is 0.368. The highest BCUT2D eigenvalue weighted by molar-refractivity contribution is 5.31. The summed E-state index contributed by atoms with van der Waals surface area (Å²) in [6.45, 7) is 4.39. The number of ether oxygens (including phenoxy) is 2. The number of rotatable bonds is 7. The van der Waals surface area contributed by atoms with Crippen molar-refractivity contribution in [2.75, 3.05) is 38.2 Å². The van der Waals surface area contributed by atoms with E-state index in [1.54, 1.807) is 19.5 Å². The van der Waals surface area contributed by atoms with E-state index in [1.165, 1.54) is 0 Å². The van der Waals surface area contributed by atoms with Crippen LogP contribution in [0.5, 0.6) is 11.5 Å². The first-order valence-electron chi connectivity index (χ1n) is 9.13. The van der Waals surface area contributed by atoms with Crippen LogP contribution in [-0.4, -0.2) is 58.3 Å². The maximum absolute atomic E-state index is 5.68. The van der Waals surface area contributed by atoms with Crippen molar-refractivity contribution in [3.05, 3.63) is 54.4 Å². The Hall–Kier alpha value is -3.20. The summed E-state index contributed by atoms with van der Waals surface area (Å²) in [7, 11) is 1.63. The van der Waals surface area contributed by atoms with Crippen molar-refractivity contribution in [2.24, 2.45) is 0 Å². The quantitative estimate of drug-likeness (QED) is 0.606. The second-order valence-electron chi connectivity index (χ2n) is 6.38. The number of piperazine rings is 1. The normalized spacial score (nSPS) is 14.8. The van der Waals surface area contributed by atoms with E-state index in [-0.39, 0.29) is 6.61 Å². The zero-order valence-corrected chi connectivity index (χ0v) is 15.7. The summed E-state index contributed by atoms with van der Waals surface area (Å²) in [5.41, 5.74) is 0. The molecule has 1 aliphatic heterocycles. The first kappa shape index (κ1) is 18.2. The molecule has 2 aromatic heterocycles. The third-order valence-electron chi connectivity index (χ3n) is 4.50. The molecule has 3 heterocycles. The molecule has 9 heteroatoms. The molecule has 1 saturated heterocycles. The Kier molecular flexibility index (Phi) is 5.62. The molecule has 28 heavy (non-hydrogen) atoms. The van der Waals surface area contributed by atoms with Crippen molar-refractivity contribution in [1.82, 2.24) is 25.0 Å². The van der Waals surface area contributed by atoms with Gasteiger partial charge in [0.25, 0.3) is 0 Å². The van der Waals surface area contributed by atoms with Gasteiger partial charge < -0.3 is 18.9 Å². The zero-order chi connectivity index (χ0) is 19.2. The van der Waals surface area contributed by atoms with Gasteiger partial charge in [-0.25, -0.2) is 9.97 Å². The lowest BCUT2D eigenvalue weighted by Crippen LogP contribution is -2.46. The minimum absolute atomic E-state index is 0.259. The SMILES string of the molecule is COc1ccc(OCc2noc(CN3CCN(c4ncccn4)CC3)n2)cc1. The number of hydrogen-bond donors (Lipinski definition) is 0. The Labute approximate surface area is 162 Å². The van der Waals surface area contributed by atoms with Crippen molar-refractivity contribution < 1.29 is 14.0 Å². The number of benzene rings is 1. The second-order valence-corrected chi connectivity index (χ2v) is 6.38. The topological polar surface area (TPSA) is 89.6 Å². The van der Waals surface area contributed by atoms with E-state index in [9.17, 15) is 0 Å². The number of nitrogens with zero attached hydrogens (tertiary/aromatic N) is 6. The van der Waals surface area contributed by atoms with Crippen LogP contribution in [0.2, 0.25) is 0 Å². The lowest BCUT2D eigenvalue weighted by Gasteiger charge is -2.33. The van der Waals surface area contributed by atoms with Crippen molar-refractivity contribution in [3.8, 4) is 11.5 Å². The van der Waals surface area contributed by atoms with Crippen LogP contribution in [0.3, 0.4) is 0 Å². The Balaban J connectivity index is 1.24. The van der Waals surface area contributed by atoms with Crippen molar-refractivity contribution in [3.63, 3.8) is 0 Å². The van der Waals surface area contributed by atoms with Gasteiger partial charge >= 0.3 is 0 Å². The van der Waals surface area contributed by atoms with Crippen molar-refractivity contribution in [2.45, 2.75) is 13.2 Å². The monoisotopic (exact) mass is 382 g/mol. The van der Waals surface area contributed by atoms with Crippen LogP contribution in [0, 0.1) is 0 Å². The molecule has 146 valence electrons. The van der Waals surface area contributed by atoms with Crippen LogP contribution < -0.4 is 14.4 Å². The Morgan fingerprint density at radius 1 is 1.00 bits per heavy atom. The molecule has 0 atom stereocenters. The molecule has 0 unspecified atom stereocenters. The Bertz CT molecular complexity index is 863. The summed E-state index contributed by atoms with van der Waals surface area (Å²) >= 11 is 0. The van der Waals surface area contributed by atoms with Gasteiger partial charge in [0, 0.05) is 38.6 Å². The van der Waals surface area contributed by atoms with Crippen LogP contribution in [0.4, 0.5) is 5.95 Å². The lowest BCUT2D eigenvalue weighted by atomic mass is 10.3. The van der Waals surface area contributed by atoms with Crippen LogP contribution in [0.15, 0.2) is 47.2 Å². The van der Waals surface area contributed by atoms with E-state index in [4.69, 9.17) is 14.0 Å². The van der Waals surface area contributed by atoms with E-state index in [1.807, 2.05) is 30.3 Å². The minimum atomic E-state index is 0.259. The standard InChI is InChI=1S/C19H22N6O3/c1-26-15-3-5-16(6-4-15)27-14-17-22-18(28-23-17)13-24-9-11-25(12-10-24)19-20-7-2-8-21-19/h2-8H,9-14H2,1H3. The zero-order valence-electron chi connectivity index (χ0n) is 15.7. The van der Waals surface area contributed by atoms with Crippen LogP contribution in [0.1, 0.15) is 11.7 Å². The molecule has 1 aromatic carbocycles. The third kappa shape index (κ3) is 4.55. The Morgan fingerprint density at radius 2 is 1.71 bits per heavy atom. The highest BCUT2D eigenvalue weighted by atomic mass is 16.5. The molecule has 3 aromatic rings. The van der Waals surface area contributed by atoms with E-state index in [0.717, 1.165) is 43.6 Å². The molecule has 0 N–H and O–H groups in total. The molecule has 4 rings (SSSR count). The minimum Gasteiger partial charge on any atom is -0.497 e. The first-order chi connectivity index (χ1) is 13.8. The molecule has 1 aliphatic rings. The second kappa shape index (κ2) is 8.66. The first-order valence-corrected chi connectivity index (χ1v) is 9.13. The summed E-state index contributed by atoms with van der Waals surface area (Å²) in [4.78, 5) is 17.5. The van der Waals surface area contributed by atoms with E-state index in [0.29, 0.717) is 18.3 Å². The highest BCUT2D eigenvalue weighted by Gasteiger charge is 2.20. The molecule has 0 bridgehead atoms. The van der Waals surface area contributed by atoms with E-state index >= 15 is 0 Å². The van der Waals surface area contributed by atoms with Crippen LogP contribution in [-0.2, 0) is 13.2 Å². The summed E-state index contributed by atoms with van der Waals surface area (Å²) < 4.78 is 16.2. The summed E-state index contributed by atoms with van der Waals surface area (Å²) in [6.07, 6.45) is 3.53. The molecular formula is C19H22N6O3.